The van der Waals surface area contributed by atoms with E-state index >= 15 is 0 Å². The Balaban J connectivity index is 2.10. The molecule has 31 heavy (non-hydrogen) atoms. The molecule has 2 aromatic rings. The Morgan fingerprint density at radius 3 is 2.23 bits per heavy atom. The largest absolute Gasteiger partial charge is 0.484 e. The highest BCUT2D eigenvalue weighted by Gasteiger charge is 2.26. The van der Waals surface area contributed by atoms with Gasteiger partial charge >= 0.3 is 0 Å². The van der Waals surface area contributed by atoms with Gasteiger partial charge in [-0.2, -0.15) is 0 Å². The highest BCUT2D eigenvalue weighted by atomic mass is 35.5. The van der Waals surface area contributed by atoms with Crippen LogP contribution in [0.15, 0.2) is 48.5 Å². The van der Waals surface area contributed by atoms with Crippen LogP contribution in [0.25, 0.3) is 0 Å². The monoisotopic (exact) mass is 444 g/mol. The highest BCUT2D eigenvalue weighted by molar-refractivity contribution is 6.30. The number of carbonyl (C=O) groups excluding carboxylic acids is 2. The number of hydrogen-bond donors (Lipinski definition) is 1. The molecule has 0 radical (unpaired) electrons. The van der Waals surface area contributed by atoms with Gasteiger partial charge in [-0.25, -0.2) is 0 Å². The molecule has 0 fully saturated rings. The lowest BCUT2D eigenvalue weighted by Crippen LogP contribution is -2.49. The maximum atomic E-state index is 13.0. The van der Waals surface area contributed by atoms with E-state index in [4.69, 9.17) is 16.3 Å². The van der Waals surface area contributed by atoms with Crippen molar-refractivity contribution in [2.24, 2.45) is 0 Å². The summed E-state index contributed by atoms with van der Waals surface area (Å²) in [7, 11) is 0. The Labute approximate surface area is 190 Å². The van der Waals surface area contributed by atoms with Gasteiger partial charge in [0, 0.05) is 18.1 Å². The highest BCUT2D eigenvalue weighted by Crippen LogP contribution is 2.24. The van der Waals surface area contributed by atoms with Crippen molar-refractivity contribution in [3.8, 4) is 5.75 Å². The molecule has 5 nitrogen and oxygen atoms in total. The standard InChI is InChI=1S/C25H33ClN2O3/c1-6-15-27-24(30)18(2)28(16-19-7-11-21(26)12-8-19)23(29)17-31-22-13-9-20(10-14-22)25(3,4)5/h7-14,18H,6,15-17H2,1-5H3,(H,27,30)/t18-/m0/s1. The van der Waals surface area contributed by atoms with E-state index in [1.165, 1.54) is 10.5 Å². The van der Waals surface area contributed by atoms with Crippen LogP contribution in [0, 0.1) is 0 Å². The third-order valence-electron chi connectivity index (χ3n) is 5.07. The average Bonchev–Trinajstić information content (AvgIpc) is 2.74. The van der Waals surface area contributed by atoms with Crippen LogP contribution in [0.3, 0.4) is 0 Å². The van der Waals surface area contributed by atoms with Gasteiger partial charge in [0.05, 0.1) is 0 Å². The summed E-state index contributed by atoms with van der Waals surface area (Å²) < 4.78 is 5.74. The fraction of sp³-hybridized carbons (Fsp3) is 0.440. The maximum absolute atomic E-state index is 13.0. The van der Waals surface area contributed by atoms with Crippen LogP contribution in [-0.2, 0) is 21.5 Å². The second kappa shape index (κ2) is 11.2. The topological polar surface area (TPSA) is 58.6 Å². The minimum absolute atomic E-state index is 0.0466. The van der Waals surface area contributed by atoms with Gasteiger partial charge in [-0.1, -0.05) is 63.6 Å². The van der Waals surface area contributed by atoms with Crippen molar-refractivity contribution >= 4 is 23.4 Å². The summed E-state index contributed by atoms with van der Waals surface area (Å²) in [5.74, 6) is 0.184. The van der Waals surface area contributed by atoms with E-state index < -0.39 is 6.04 Å². The molecule has 0 aliphatic rings. The second-order valence-electron chi connectivity index (χ2n) is 8.68. The predicted molar refractivity (Wildman–Crippen MR) is 125 cm³/mol. The first kappa shape index (κ1) is 24.7. The van der Waals surface area contributed by atoms with Crippen LogP contribution in [0.1, 0.15) is 52.2 Å². The average molecular weight is 445 g/mol. The molecule has 6 heteroatoms. The van der Waals surface area contributed by atoms with Crippen LogP contribution in [0.2, 0.25) is 5.02 Å². The van der Waals surface area contributed by atoms with Gasteiger partial charge in [0.2, 0.25) is 5.91 Å². The van der Waals surface area contributed by atoms with Gasteiger partial charge in [0.25, 0.3) is 5.91 Å². The number of benzene rings is 2. The van der Waals surface area contributed by atoms with Crippen molar-refractivity contribution in [2.75, 3.05) is 13.2 Å². The van der Waals surface area contributed by atoms with Crippen molar-refractivity contribution in [1.82, 2.24) is 10.2 Å². The van der Waals surface area contributed by atoms with Crippen molar-refractivity contribution in [2.45, 2.75) is 59.0 Å². The zero-order valence-electron chi connectivity index (χ0n) is 19.1. The first-order valence-electron chi connectivity index (χ1n) is 10.7. The SMILES string of the molecule is CCCNC(=O)[C@H](C)N(Cc1ccc(Cl)cc1)C(=O)COc1ccc(C(C)(C)C)cc1. The van der Waals surface area contributed by atoms with Gasteiger partial charge in [-0.05, 0) is 54.2 Å². The van der Waals surface area contributed by atoms with Crippen molar-refractivity contribution < 1.29 is 14.3 Å². The summed E-state index contributed by atoms with van der Waals surface area (Å²) in [5.41, 5.74) is 2.13. The Kier molecular flexibility index (Phi) is 8.93. The molecule has 2 rings (SSSR count). The predicted octanol–water partition coefficient (Wildman–Crippen LogP) is 4.96. The first-order chi connectivity index (χ1) is 14.6. The number of carbonyl (C=O) groups is 2. The molecular weight excluding hydrogens is 412 g/mol. The molecule has 2 aromatic carbocycles. The van der Waals surface area contributed by atoms with Gasteiger partial charge < -0.3 is 15.0 Å². The first-order valence-corrected chi connectivity index (χ1v) is 11.0. The molecule has 0 bridgehead atoms. The van der Waals surface area contributed by atoms with Crippen molar-refractivity contribution in [1.29, 1.82) is 0 Å². The quantitative estimate of drug-likeness (QED) is 0.594. The van der Waals surface area contributed by atoms with Crippen LogP contribution >= 0.6 is 11.6 Å². The Bertz CT molecular complexity index is 858. The molecule has 0 saturated heterocycles. The van der Waals surface area contributed by atoms with E-state index in [1.54, 1.807) is 19.1 Å². The lowest BCUT2D eigenvalue weighted by atomic mass is 9.87. The van der Waals surface area contributed by atoms with Crippen LogP contribution in [0.5, 0.6) is 5.75 Å². The zero-order valence-corrected chi connectivity index (χ0v) is 19.8. The fourth-order valence-electron chi connectivity index (χ4n) is 3.04. The Morgan fingerprint density at radius 1 is 1.06 bits per heavy atom. The zero-order chi connectivity index (χ0) is 23.0. The molecule has 0 unspecified atom stereocenters. The van der Waals surface area contributed by atoms with E-state index in [0.29, 0.717) is 23.9 Å². The summed E-state index contributed by atoms with van der Waals surface area (Å²) >= 11 is 5.97. The number of rotatable bonds is 9. The summed E-state index contributed by atoms with van der Waals surface area (Å²) in [6.45, 7) is 10.9. The maximum Gasteiger partial charge on any atom is 0.261 e. The van der Waals surface area contributed by atoms with E-state index in [1.807, 2.05) is 43.3 Å². The van der Waals surface area contributed by atoms with E-state index in [9.17, 15) is 9.59 Å². The van der Waals surface area contributed by atoms with Crippen LogP contribution in [0.4, 0.5) is 0 Å². The molecule has 1 N–H and O–H groups in total. The lowest BCUT2D eigenvalue weighted by Gasteiger charge is -2.28. The molecule has 1 atom stereocenters. The molecule has 0 aliphatic carbocycles. The number of nitrogens with one attached hydrogen (secondary N) is 1. The number of ether oxygens (including phenoxy) is 1. The molecule has 0 aromatic heterocycles. The Morgan fingerprint density at radius 2 is 1.68 bits per heavy atom. The van der Waals surface area contributed by atoms with Crippen LogP contribution < -0.4 is 10.1 Å². The summed E-state index contributed by atoms with van der Waals surface area (Å²) in [6, 6.07) is 14.4. The molecule has 168 valence electrons. The number of halogens is 1. The summed E-state index contributed by atoms with van der Waals surface area (Å²) in [4.78, 5) is 27.1. The fourth-order valence-corrected chi connectivity index (χ4v) is 3.17. The van der Waals surface area contributed by atoms with E-state index in [-0.39, 0.29) is 23.8 Å². The van der Waals surface area contributed by atoms with Gasteiger partial charge in [-0.15, -0.1) is 0 Å². The Hall–Kier alpha value is -2.53. The van der Waals surface area contributed by atoms with E-state index in [0.717, 1.165) is 12.0 Å². The summed E-state index contributed by atoms with van der Waals surface area (Å²) in [5, 5.41) is 3.48. The van der Waals surface area contributed by atoms with Gasteiger partial charge in [0.1, 0.15) is 11.8 Å². The number of nitrogens with zero attached hydrogens (tertiary/aromatic N) is 1. The normalized spacial score (nSPS) is 12.2. The minimum Gasteiger partial charge on any atom is -0.484 e. The third kappa shape index (κ3) is 7.59. The molecule has 2 amide bonds. The van der Waals surface area contributed by atoms with Gasteiger partial charge in [-0.3, -0.25) is 9.59 Å². The second-order valence-corrected chi connectivity index (χ2v) is 9.11. The number of amides is 2. The molecule has 0 aliphatic heterocycles. The van der Waals surface area contributed by atoms with Crippen molar-refractivity contribution in [3.05, 3.63) is 64.7 Å². The van der Waals surface area contributed by atoms with Gasteiger partial charge in [0.15, 0.2) is 6.61 Å². The van der Waals surface area contributed by atoms with Crippen LogP contribution in [-0.4, -0.2) is 35.9 Å². The third-order valence-corrected chi connectivity index (χ3v) is 5.32. The molecular formula is C25H33ClN2O3. The molecule has 0 saturated carbocycles. The lowest BCUT2D eigenvalue weighted by molar-refractivity contribution is -0.142. The summed E-state index contributed by atoms with van der Waals surface area (Å²) in [6.07, 6.45) is 0.831. The van der Waals surface area contributed by atoms with E-state index in [2.05, 4.69) is 26.1 Å². The van der Waals surface area contributed by atoms with Crippen molar-refractivity contribution in [3.63, 3.8) is 0 Å². The smallest absolute Gasteiger partial charge is 0.261 e. The molecule has 0 spiro atoms. The minimum atomic E-state index is -0.624. The molecule has 0 heterocycles. The number of hydrogen-bond acceptors (Lipinski definition) is 3.